The molecule has 0 bridgehead atoms. The summed E-state index contributed by atoms with van der Waals surface area (Å²) < 4.78 is 0. The summed E-state index contributed by atoms with van der Waals surface area (Å²) in [5, 5.41) is 6.50. The molecule has 0 aromatic rings. The minimum absolute atomic E-state index is 0. The van der Waals surface area contributed by atoms with Gasteiger partial charge in [0.25, 0.3) is 0 Å². The molecule has 0 radical (unpaired) electrons. The molecule has 0 saturated heterocycles. The van der Waals surface area contributed by atoms with Gasteiger partial charge in [-0.2, -0.15) is 0 Å². The summed E-state index contributed by atoms with van der Waals surface area (Å²) in [4.78, 5) is 0. The van der Waals surface area contributed by atoms with Crippen molar-refractivity contribution in [1.29, 1.82) is 5.26 Å². The van der Waals surface area contributed by atoms with Crippen LogP contribution in [0.1, 0.15) is 1.43 Å². The van der Waals surface area contributed by atoms with Gasteiger partial charge in [-0.05, 0) is 0 Å². The van der Waals surface area contributed by atoms with E-state index in [0.29, 0.717) is 0 Å². The van der Waals surface area contributed by atoms with Crippen LogP contribution in [0.15, 0.2) is 0 Å². The maximum absolute atomic E-state index is 6.50. The van der Waals surface area contributed by atoms with Crippen molar-refractivity contribution in [1.82, 2.24) is 0 Å². The Balaban J connectivity index is -0.00000000167. The Bertz CT molecular complexity index is 16.4. The van der Waals surface area contributed by atoms with Crippen LogP contribution in [0.25, 0.3) is 0 Å². The first-order valence-electron chi connectivity index (χ1n) is 0.258. The number of nitrogens with zero attached hydrogens (tertiary/aromatic N) is 1. The molecule has 0 aromatic heterocycles. The van der Waals surface area contributed by atoms with Crippen LogP contribution in [-0.4, -0.2) is 0 Å². The normalized spacial score (nSPS) is 0.500. The van der Waals surface area contributed by atoms with E-state index in [1.807, 2.05) is 0 Å². The van der Waals surface area contributed by atoms with Crippen LogP contribution in [0.3, 0.4) is 0 Å². The molecule has 0 aromatic carbocycles. The molecule has 0 aliphatic carbocycles. The van der Waals surface area contributed by atoms with Crippen molar-refractivity contribution < 1.29 is 69.9 Å². The molecule has 0 rings (SSSR count). The molecular weight excluding hydrogens is 121 g/mol. The third-order valence-corrected chi connectivity index (χ3v) is 0. The van der Waals surface area contributed by atoms with Gasteiger partial charge in [0.05, 0.1) is 0 Å². The molecule has 3 heteroatoms. The van der Waals surface area contributed by atoms with E-state index in [2.05, 4.69) is 6.57 Å². The fraction of sp³-hybridized carbons (Fsp3) is 0. The van der Waals surface area contributed by atoms with E-state index in [-0.39, 0.29) is 69.9 Å². The molecule has 0 spiro atoms. The number of nitriles is 1. The van der Waals surface area contributed by atoms with Gasteiger partial charge < -0.3 is 1.43 Å². The topological polar surface area (TPSA) is 23.8 Å². The van der Waals surface area contributed by atoms with Crippen LogP contribution < -0.4 is 51.4 Å². The summed E-state index contributed by atoms with van der Waals surface area (Å²) in [6.07, 6.45) is 0. The van der Waals surface area contributed by atoms with Crippen molar-refractivity contribution in [3.8, 4) is 6.57 Å². The van der Waals surface area contributed by atoms with Gasteiger partial charge in [-0.15, -0.1) is 0 Å². The molecule has 20 valence electrons. The van der Waals surface area contributed by atoms with Gasteiger partial charge >= 0.3 is 51.4 Å². The molecule has 0 aliphatic rings. The number of hydrogen-bond acceptors (Lipinski definition) is 1. The molecule has 0 N–H and O–H groups in total. The fourth-order valence-electron chi connectivity index (χ4n) is 0. The van der Waals surface area contributed by atoms with Gasteiger partial charge in [-0.25, -0.2) is 5.26 Å². The predicted molar refractivity (Wildman–Crippen MR) is 7.78 cm³/mol. The second kappa shape index (κ2) is 22.8. The van der Waals surface area contributed by atoms with Crippen molar-refractivity contribution in [3.63, 3.8) is 0 Å². The maximum Gasteiger partial charge on any atom is 1.00 e. The van der Waals surface area contributed by atoms with Crippen LogP contribution in [-0.2, 0) is 17.1 Å². The van der Waals surface area contributed by atoms with Gasteiger partial charge in [-0.3, -0.25) is 0 Å². The SMILES string of the molecule is C#N.[Fe].[H-].[K+]. The zero-order chi connectivity index (χ0) is 2.00. The Morgan fingerprint density at radius 1 is 1.50 bits per heavy atom. The molecule has 0 fully saturated rings. The van der Waals surface area contributed by atoms with Gasteiger partial charge in [0, 0.05) is 23.6 Å². The van der Waals surface area contributed by atoms with E-state index in [9.17, 15) is 0 Å². The van der Waals surface area contributed by atoms with Crippen molar-refractivity contribution in [3.05, 3.63) is 0 Å². The third kappa shape index (κ3) is 9.42. The Morgan fingerprint density at radius 3 is 1.50 bits per heavy atom. The molecular formula is CH2FeKN. The summed E-state index contributed by atoms with van der Waals surface area (Å²) in [7, 11) is 0. The van der Waals surface area contributed by atoms with E-state index in [1.54, 1.807) is 0 Å². The van der Waals surface area contributed by atoms with Gasteiger partial charge in [0.15, 0.2) is 0 Å². The molecule has 0 amide bonds. The van der Waals surface area contributed by atoms with Crippen LogP contribution in [0.4, 0.5) is 0 Å². The fourth-order valence-corrected chi connectivity index (χ4v) is 0. The van der Waals surface area contributed by atoms with Crippen LogP contribution in [0.2, 0.25) is 0 Å². The summed E-state index contributed by atoms with van der Waals surface area (Å²) in [5.41, 5.74) is 0. The Morgan fingerprint density at radius 2 is 1.50 bits per heavy atom. The summed E-state index contributed by atoms with van der Waals surface area (Å²) >= 11 is 0. The molecule has 1 nitrogen and oxygen atoms in total. The smallest absolute Gasteiger partial charge is 1.00 e. The summed E-state index contributed by atoms with van der Waals surface area (Å²) in [5.74, 6) is 0. The number of rotatable bonds is 0. The molecule has 0 unspecified atom stereocenters. The summed E-state index contributed by atoms with van der Waals surface area (Å²) in [6.45, 7) is 3.50. The molecule has 0 atom stereocenters. The first-order valence-corrected chi connectivity index (χ1v) is 0.258. The second-order valence-corrected chi connectivity index (χ2v) is 0. The Labute approximate surface area is 80.1 Å². The average molecular weight is 123 g/mol. The molecule has 0 aliphatic heterocycles. The third-order valence-electron chi connectivity index (χ3n) is 0. The van der Waals surface area contributed by atoms with Gasteiger partial charge in [0.2, 0.25) is 0 Å². The minimum atomic E-state index is 0. The quantitative estimate of drug-likeness (QED) is 0.320. The van der Waals surface area contributed by atoms with E-state index in [4.69, 9.17) is 5.26 Å². The largest absolute Gasteiger partial charge is 1.00 e. The molecule has 4 heavy (non-hydrogen) atoms. The van der Waals surface area contributed by atoms with E-state index in [0.717, 1.165) is 0 Å². The molecule has 0 saturated carbocycles. The number of hydrogen-bond donors (Lipinski definition) is 0. The Hall–Kier alpha value is 1.65. The van der Waals surface area contributed by atoms with Crippen molar-refractivity contribution in [2.24, 2.45) is 0 Å². The standard InChI is InChI=1S/CHN.Fe.K.H/c1-2;;;/h1H;;;/q;;+1;-1. The Kier molecular flexibility index (Phi) is 99.2. The maximum atomic E-state index is 6.50. The van der Waals surface area contributed by atoms with Crippen molar-refractivity contribution in [2.75, 3.05) is 0 Å². The monoisotopic (exact) mass is 123 g/mol. The van der Waals surface area contributed by atoms with Crippen molar-refractivity contribution in [2.45, 2.75) is 0 Å². The van der Waals surface area contributed by atoms with Gasteiger partial charge in [0.1, 0.15) is 0 Å². The van der Waals surface area contributed by atoms with Gasteiger partial charge in [-0.1, -0.05) is 0 Å². The predicted octanol–water partition coefficient (Wildman–Crippen LogP) is -2.75. The summed E-state index contributed by atoms with van der Waals surface area (Å²) in [6, 6.07) is 0. The second-order valence-electron chi connectivity index (χ2n) is 0. The van der Waals surface area contributed by atoms with Crippen LogP contribution in [0, 0.1) is 11.8 Å². The van der Waals surface area contributed by atoms with Crippen LogP contribution in [0.5, 0.6) is 0 Å². The van der Waals surface area contributed by atoms with E-state index < -0.39 is 0 Å². The average Bonchev–Trinajstić information content (AvgIpc) is 1.00. The first-order chi connectivity index (χ1) is 1.00. The van der Waals surface area contributed by atoms with Crippen LogP contribution >= 0.6 is 0 Å². The van der Waals surface area contributed by atoms with E-state index in [1.165, 1.54) is 0 Å². The van der Waals surface area contributed by atoms with Crippen molar-refractivity contribution >= 4 is 0 Å². The zero-order valence-electron chi connectivity index (χ0n) is 3.38. The minimum Gasteiger partial charge on any atom is -1.00 e. The zero-order valence-corrected chi connectivity index (χ0v) is 6.61. The molecule has 0 heterocycles. The van der Waals surface area contributed by atoms with E-state index >= 15 is 0 Å². The first kappa shape index (κ1) is 17.4.